The van der Waals surface area contributed by atoms with Crippen molar-refractivity contribution in [1.82, 2.24) is 14.9 Å². The highest BCUT2D eigenvalue weighted by Gasteiger charge is 2.48. The van der Waals surface area contributed by atoms with Crippen molar-refractivity contribution < 1.29 is 41.0 Å². The molecule has 0 saturated carbocycles. The van der Waals surface area contributed by atoms with Crippen molar-refractivity contribution in [3.05, 3.63) is 84.7 Å². The lowest BCUT2D eigenvalue weighted by Crippen LogP contribution is -2.55. The largest absolute Gasteiger partial charge is 0.491 e. The average molecular weight is 557 g/mol. The molecule has 1 atom stereocenters. The van der Waals surface area contributed by atoms with Crippen LogP contribution in [0.15, 0.2) is 79.1 Å². The van der Waals surface area contributed by atoms with Crippen molar-refractivity contribution >= 4 is 22.8 Å². The molecule has 12 heteroatoms. The fourth-order valence-corrected chi connectivity index (χ4v) is 4.33. The number of likely N-dealkylation sites (tertiary alicyclic amines) is 1. The first kappa shape index (κ1) is 27.0. The lowest BCUT2D eigenvalue weighted by molar-refractivity contribution is -0.190. The number of carbonyl (C=O) groups excluding carboxylic acids is 2. The van der Waals surface area contributed by atoms with Crippen molar-refractivity contribution in [1.29, 1.82) is 0 Å². The van der Waals surface area contributed by atoms with Gasteiger partial charge in [-0.3, -0.25) is 9.78 Å². The van der Waals surface area contributed by atoms with Gasteiger partial charge in [0.25, 0.3) is 17.7 Å². The molecule has 1 saturated heterocycles. The predicted octanol–water partition coefficient (Wildman–Crippen LogP) is 5.69. The fraction of sp³-hybridized carbons (Fsp3) is 0.214. The zero-order valence-electron chi connectivity index (χ0n) is 20.6. The van der Waals surface area contributed by atoms with Crippen LogP contribution >= 0.6 is 0 Å². The van der Waals surface area contributed by atoms with Crippen LogP contribution in [0.25, 0.3) is 22.0 Å². The fourth-order valence-electron chi connectivity index (χ4n) is 4.33. The molecule has 0 bridgehead atoms. The number of pyridine rings is 2. The number of fused-ring (bicyclic) bond motifs is 1. The molecular formula is C28H20F5N3O4. The summed E-state index contributed by atoms with van der Waals surface area (Å²) < 4.78 is 78.7. The van der Waals surface area contributed by atoms with Crippen molar-refractivity contribution in [2.24, 2.45) is 0 Å². The van der Waals surface area contributed by atoms with E-state index in [2.05, 4.69) is 14.7 Å². The number of carbonyl (C=O) groups is 2. The van der Waals surface area contributed by atoms with E-state index in [9.17, 15) is 22.8 Å². The molecule has 0 N–H and O–H groups in total. The molecule has 1 fully saturated rings. The van der Waals surface area contributed by atoms with Gasteiger partial charge in [-0.05, 0) is 41.5 Å². The molecule has 0 radical (unpaired) electrons. The van der Waals surface area contributed by atoms with Gasteiger partial charge in [-0.1, -0.05) is 36.4 Å². The minimum absolute atomic E-state index is 0.211. The Hall–Kier alpha value is -4.61. The Morgan fingerprint density at radius 3 is 2.42 bits per heavy atom. The number of halogens is 5. The van der Waals surface area contributed by atoms with Crippen LogP contribution in [0, 0.1) is 0 Å². The normalized spacial score (nSPS) is 16.9. The van der Waals surface area contributed by atoms with Crippen molar-refractivity contribution in [2.45, 2.75) is 24.6 Å². The van der Waals surface area contributed by atoms with E-state index in [1.54, 1.807) is 60.9 Å². The summed E-state index contributed by atoms with van der Waals surface area (Å²) in [5, 5.41) is 0.291. The Balaban J connectivity index is 1.45. The predicted molar refractivity (Wildman–Crippen MR) is 133 cm³/mol. The van der Waals surface area contributed by atoms with Gasteiger partial charge < -0.3 is 14.4 Å². The van der Waals surface area contributed by atoms with Crippen molar-refractivity contribution in [3.63, 3.8) is 0 Å². The van der Waals surface area contributed by atoms with Gasteiger partial charge >= 0.3 is 12.1 Å². The highest BCUT2D eigenvalue weighted by molar-refractivity contribution is 6.01. The highest BCUT2D eigenvalue weighted by Crippen LogP contribution is 2.37. The van der Waals surface area contributed by atoms with E-state index in [1.165, 1.54) is 17.0 Å². The SMILES string of the molecule is O=C(c1ccccc1-c1ccncc1)N1CCC(F)(F)[C@@H](Oc2nc3ccccc3cc2OC(=O)C(F)(F)F)C1. The summed E-state index contributed by atoms with van der Waals surface area (Å²) >= 11 is 0. The van der Waals surface area contributed by atoms with Gasteiger partial charge in [0.05, 0.1) is 12.1 Å². The molecule has 1 aliphatic heterocycles. The van der Waals surface area contributed by atoms with Gasteiger partial charge in [0.1, 0.15) is 0 Å². The number of ether oxygens (including phenoxy) is 2. The zero-order valence-corrected chi connectivity index (χ0v) is 20.6. The number of amides is 1. The Morgan fingerprint density at radius 1 is 0.975 bits per heavy atom. The average Bonchev–Trinajstić information content (AvgIpc) is 2.94. The summed E-state index contributed by atoms with van der Waals surface area (Å²) in [7, 11) is 0. The number of aromatic nitrogens is 2. The monoisotopic (exact) mass is 557 g/mol. The van der Waals surface area contributed by atoms with Gasteiger partial charge in [-0.15, -0.1) is 0 Å². The second-order valence-electron chi connectivity index (χ2n) is 9.02. The highest BCUT2D eigenvalue weighted by atomic mass is 19.4. The molecule has 0 aliphatic carbocycles. The van der Waals surface area contributed by atoms with E-state index in [4.69, 9.17) is 4.74 Å². The summed E-state index contributed by atoms with van der Waals surface area (Å²) in [6.45, 7) is -0.894. The quantitative estimate of drug-likeness (QED) is 0.232. The van der Waals surface area contributed by atoms with Gasteiger partial charge in [-0.25, -0.2) is 18.6 Å². The van der Waals surface area contributed by atoms with E-state index in [1.807, 2.05) is 0 Å². The Labute approximate surface area is 224 Å². The van der Waals surface area contributed by atoms with Crippen LogP contribution in [-0.4, -0.2) is 58.0 Å². The van der Waals surface area contributed by atoms with Crippen LogP contribution in [0.1, 0.15) is 16.8 Å². The summed E-state index contributed by atoms with van der Waals surface area (Å²) in [6.07, 6.45) is -4.99. The van der Waals surface area contributed by atoms with E-state index in [-0.39, 0.29) is 17.6 Å². The molecule has 4 aromatic rings. The van der Waals surface area contributed by atoms with Crippen LogP contribution in [0.2, 0.25) is 0 Å². The maximum absolute atomic E-state index is 15.0. The third-order valence-corrected chi connectivity index (χ3v) is 6.35. The number of para-hydroxylation sites is 1. The molecule has 2 aromatic heterocycles. The van der Waals surface area contributed by atoms with E-state index in [0.717, 1.165) is 6.07 Å². The standard InChI is InChI=1S/C28H20F5N3O4/c29-27(30)11-14-36(25(37)20-7-3-2-6-19(20)17-9-12-34-13-10-17)16-23(27)40-24-22(39-26(38)28(31,32)33)15-18-5-1-4-8-21(18)35-24/h1-10,12-13,15,23H,11,14,16H2/t23-/m0/s1. The Kier molecular flexibility index (Phi) is 7.09. The molecule has 206 valence electrons. The summed E-state index contributed by atoms with van der Waals surface area (Å²) in [5.41, 5.74) is 1.75. The zero-order chi connectivity index (χ0) is 28.5. The van der Waals surface area contributed by atoms with Gasteiger partial charge in [0.2, 0.25) is 0 Å². The number of piperidine rings is 1. The van der Waals surface area contributed by atoms with Crippen LogP contribution in [0.5, 0.6) is 11.6 Å². The van der Waals surface area contributed by atoms with Crippen molar-refractivity contribution in [2.75, 3.05) is 13.1 Å². The number of rotatable bonds is 5. The summed E-state index contributed by atoms with van der Waals surface area (Å²) in [6, 6.07) is 17.3. The molecule has 3 heterocycles. The summed E-state index contributed by atoms with van der Waals surface area (Å²) in [4.78, 5) is 34.2. The first-order valence-electron chi connectivity index (χ1n) is 12.0. The van der Waals surface area contributed by atoms with E-state index in [0.29, 0.717) is 16.5 Å². The second-order valence-corrected chi connectivity index (χ2v) is 9.02. The number of hydrogen-bond donors (Lipinski definition) is 0. The van der Waals surface area contributed by atoms with Crippen LogP contribution in [0.4, 0.5) is 22.0 Å². The number of alkyl halides is 5. The molecule has 0 unspecified atom stereocenters. The molecule has 5 rings (SSSR count). The van der Waals surface area contributed by atoms with Crippen LogP contribution in [-0.2, 0) is 4.79 Å². The van der Waals surface area contributed by atoms with E-state index < -0.39 is 54.7 Å². The van der Waals surface area contributed by atoms with E-state index >= 15 is 8.78 Å². The third-order valence-electron chi connectivity index (χ3n) is 6.35. The number of esters is 1. The Bertz CT molecular complexity index is 1560. The Morgan fingerprint density at radius 2 is 1.68 bits per heavy atom. The summed E-state index contributed by atoms with van der Waals surface area (Å²) in [5.74, 6) is -8.07. The molecule has 7 nitrogen and oxygen atoms in total. The topological polar surface area (TPSA) is 81.6 Å². The first-order valence-corrected chi connectivity index (χ1v) is 12.0. The molecule has 1 aliphatic rings. The maximum Gasteiger partial charge on any atom is 0.491 e. The third kappa shape index (κ3) is 5.56. The van der Waals surface area contributed by atoms with Gasteiger partial charge in [0.15, 0.2) is 11.9 Å². The number of benzene rings is 2. The smallest absolute Gasteiger partial charge is 0.463 e. The number of nitrogens with zero attached hydrogens (tertiary/aromatic N) is 3. The van der Waals surface area contributed by atoms with Crippen molar-refractivity contribution in [3.8, 4) is 22.8 Å². The maximum atomic E-state index is 15.0. The molecular weight excluding hydrogens is 537 g/mol. The number of hydrogen-bond acceptors (Lipinski definition) is 6. The lowest BCUT2D eigenvalue weighted by Gasteiger charge is -2.38. The van der Waals surface area contributed by atoms with Crippen LogP contribution in [0.3, 0.4) is 0 Å². The minimum atomic E-state index is -5.34. The molecule has 40 heavy (non-hydrogen) atoms. The second kappa shape index (κ2) is 10.5. The minimum Gasteiger partial charge on any atom is -0.463 e. The molecule has 0 spiro atoms. The van der Waals surface area contributed by atoms with Gasteiger partial charge in [0, 0.05) is 36.3 Å². The first-order chi connectivity index (χ1) is 19.0. The molecule has 2 aromatic carbocycles. The molecule has 1 amide bonds. The van der Waals surface area contributed by atoms with Gasteiger partial charge in [-0.2, -0.15) is 13.2 Å². The lowest BCUT2D eigenvalue weighted by atomic mass is 9.97. The van der Waals surface area contributed by atoms with Crippen LogP contribution < -0.4 is 9.47 Å².